The molecular weight excluding hydrogens is 418 g/mol. The summed E-state index contributed by atoms with van der Waals surface area (Å²) in [5, 5.41) is 25.1. The fraction of sp³-hybridized carbons (Fsp3) is 0.118. The van der Waals surface area contributed by atoms with Gasteiger partial charge in [0.15, 0.2) is 5.82 Å². The molecule has 5 N–H and O–H groups in total. The molecule has 0 atom stereocenters. The lowest BCUT2D eigenvalue weighted by molar-refractivity contribution is -0.133. The highest BCUT2D eigenvalue weighted by molar-refractivity contribution is 7.99. The Morgan fingerprint density at radius 3 is 2.55 bits per heavy atom. The number of nitrogens with zero attached hydrogens (tertiary/aromatic N) is 2. The van der Waals surface area contributed by atoms with Gasteiger partial charge in [-0.05, 0) is 41.5 Å². The second-order valence-electron chi connectivity index (χ2n) is 6.01. The number of aromatic nitrogens is 3. The van der Waals surface area contributed by atoms with Gasteiger partial charge in [0.05, 0.1) is 17.7 Å². The Bertz CT molecular complexity index is 1150. The number of aliphatic carboxylic acids is 1. The summed E-state index contributed by atoms with van der Waals surface area (Å²) >= 11 is 0.979. The minimum absolute atomic E-state index is 0.166. The van der Waals surface area contributed by atoms with E-state index in [0.29, 0.717) is 33.9 Å². The van der Waals surface area contributed by atoms with Gasteiger partial charge in [0.25, 0.3) is 0 Å². The molecular formula is C17H17N5O5S2. The monoisotopic (exact) mass is 435 g/mol. The fourth-order valence-corrected chi connectivity index (χ4v) is 3.61. The Balaban J connectivity index is 1.96. The Morgan fingerprint density at radius 1 is 1.14 bits per heavy atom. The maximum absolute atomic E-state index is 11.5. The molecule has 0 saturated carbocycles. The van der Waals surface area contributed by atoms with Gasteiger partial charge >= 0.3 is 5.97 Å². The predicted octanol–water partition coefficient (Wildman–Crippen LogP) is 2.49. The Kier molecular flexibility index (Phi) is 6.06. The van der Waals surface area contributed by atoms with Crippen molar-refractivity contribution in [2.24, 2.45) is 0 Å². The van der Waals surface area contributed by atoms with Crippen LogP contribution in [0.1, 0.15) is 0 Å². The molecule has 0 aliphatic rings. The van der Waals surface area contributed by atoms with E-state index in [-0.39, 0.29) is 10.9 Å². The van der Waals surface area contributed by atoms with Crippen LogP contribution >= 0.6 is 11.8 Å². The van der Waals surface area contributed by atoms with Gasteiger partial charge in [-0.25, -0.2) is 13.4 Å². The van der Waals surface area contributed by atoms with Crippen LogP contribution in [0.25, 0.3) is 22.5 Å². The topological polar surface area (TPSA) is 157 Å². The Morgan fingerprint density at radius 2 is 1.86 bits per heavy atom. The van der Waals surface area contributed by atoms with Crippen molar-refractivity contribution in [1.29, 1.82) is 0 Å². The van der Waals surface area contributed by atoms with E-state index in [1.807, 2.05) is 0 Å². The molecule has 10 nitrogen and oxygen atoms in total. The molecule has 0 aliphatic carbocycles. The molecule has 0 bridgehead atoms. The van der Waals surface area contributed by atoms with Crippen molar-refractivity contribution in [2.45, 2.75) is 5.16 Å². The van der Waals surface area contributed by atoms with Crippen molar-refractivity contribution in [3.8, 4) is 22.5 Å². The first-order valence-electron chi connectivity index (χ1n) is 8.14. The molecule has 0 fully saturated rings. The largest absolute Gasteiger partial charge is 0.481 e. The smallest absolute Gasteiger partial charge is 0.313 e. The summed E-state index contributed by atoms with van der Waals surface area (Å²) in [5.41, 5.74) is 4.86. The minimum Gasteiger partial charge on any atom is -0.481 e. The summed E-state index contributed by atoms with van der Waals surface area (Å²) < 4.78 is 25.4. The van der Waals surface area contributed by atoms with Crippen molar-refractivity contribution in [1.82, 2.24) is 15.2 Å². The summed E-state index contributed by atoms with van der Waals surface area (Å²) in [7, 11) is -3.42. The van der Waals surface area contributed by atoms with Crippen LogP contribution < -0.4 is 10.2 Å². The molecule has 0 radical (unpaired) electrons. The van der Waals surface area contributed by atoms with E-state index in [2.05, 4.69) is 25.4 Å². The molecule has 12 heteroatoms. The molecule has 3 aromatic rings. The van der Waals surface area contributed by atoms with Crippen molar-refractivity contribution < 1.29 is 23.5 Å². The van der Waals surface area contributed by atoms with Crippen LogP contribution in [-0.4, -0.2) is 51.9 Å². The number of aromatic amines is 1. The van der Waals surface area contributed by atoms with Gasteiger partial charge in [-0.1, -0.05) is 23.9 Å². The average Bonchev–Trinajstić information content (AvgIpc) is 3.14. The molecule has 0 amide bonds. The third-order valence-corrected chi connectivity index (χ3v) is 5.06. The highest BCUT2D eigenvalue weighted by atomic mass is 32.2. The summed E-state index contributed by atoms with van der Waals surface area (Å²) in [6, 6.07) is 11.9. The van der Waals surface area contributed by atoms with Crippen LogP contribution in [0.4, 0.5) is 11.4 Å². The third kappa shape index (κ3) is 5.70. The summed E-state index contributed by atoms with van der Waals surface area (Å²) in [6.45, 7) is 0. The molecule has 0 spiro atoms. The van der Waals surface area contributed by atoms with E-state index in [1.54, 1.807) is 42.5 Å². The van der Waals surface area contributed by atoms with Crippen molar-refractivity contribution in [3.63, 3.8) is 0 Å². The van der Waals surface area contributed by atoms with E-state index in [4.69, 9.17) is 5.11 Å². The molecule has 0 saturated heterocycles. The number of H-pyrrole nitrogens is 1. The van der Waals surface area contributed by atoms with E-state index in [0.717, 1.165) is 18.0 Å². The molecule has 0 unspecified atom stereocenters. The predicted molar refractivity (Wildman–Crippen MR) is 109 cm³/mol. The van der Waals surface area contributed by atoms with Gasteiger partial charge in [-0.2, -0.15) is 0 Å². The van der Waals surface area contributed by atoms with Gasteiger partial charge in [0, 0.05) is 11.3 Å². The molecule has 29 heavy (non-hydrogen) atoms. The lowest BCUT2D eigenvalue weighted by Gasteiger charge is -2.10. The second kappa shape index (κ2) is 8.51. The number of carboxylic acid groups (broad SMARTS) is 1. The molecule has 0 aliphatic heterocycles. The lowest BCUT2D eigenvalue weighted by Crippen LogP contribution is -2.09. The molecule has 2 aromatic carbocycles. The summed E-state index contributed by atoms with van der Waals surface area (Å²) in [4.78, 5) is 14.9. The highest BCUT2D eigenvalue weighted by Gasteiger charge is 2.12. The maximum atomic E-state index is 11.5. The van der Waals surface area contributed by atoms with E-state index >= 15 is 0 Å². The molecule has 1 aromatic heterocycles. The first-order chi connectivity index (χ1) is 13.7. The quantitative estimate of drug-likeness (QED) is 0.265. The standard InChI is InChI=1S/C17H17N5O5S2/c1-29(26,27)22-13-4-2-3-10(6-13)11-5-12(8-14(7-11)21-25)16-18-17(20-19-16)28-9-15(23)24/h2-8,21-22,25H,9H2,1H3,(H,23,24)(H,18,19,20). The number of sulfonamides is 1. The van der Waals surface area contributed by atoms with Crippen LogP contribution in [0.3, 0.4) is 0 Å². The number of rotatable bonds is 8. The Hall–Kier alpha value is -3.09. The maximum Gasteiger partial charge on any atom is 0.313 e. The number of thioether (sulfide) groups is 1. The van der Waals surface area contributed by atoms with Gasteiger partial charge in [0.1, 0.15) is 0 Å². The lowest BCUT2D eigenvalue weighted by atomic mass is 10.0. The van der Waals surface area contributed by atoms with Crippen LogP contribution in [0, 0.1) is 0 Å². The molecule has 152 valence electrons. The summed E-state index contributed by atoms with van der Waals surface area (Å²) in [5.74, 6) is -0.750. The number of hydrogen-bond acceptors (Lipinski definition) is 8. The first kappa shape index (κ1) is 20.6. The van der Waals surface area contributed by atoms with Gasteiger partial charge in [0.2, 0.25) is 15.2 Å². The van der Waals surface area contributed by atoms with E-state index in [1.165, 1.54) is 0 Å². The van der Waals surface area contributed by atoms with Crippen LogP contribution in [0.15, 0.2) is 47.6 Å². The van der Waals surface area contributed by atoms with E-state index in [9.17, 15) is 18.4 Å². The number of anilines is 2. The highest BCUT2D eigenvalue weighted by Crippen LogP contribution is 2.31. The minimum atomic E-state index is -3.42. The van der Waals surface area contributed by atoms with Gasteiger partial charge < -0.3 is 5.11 Å². The zero-order valence-corrected chi connectivity index (χ0v) is 16.7. The Labute approximate surface area is 170 Å². The fourth-order valence-electron chi connectivity index (χ4n) is 2.54. The van der Waals surface area contributed by atoms with Crippen molar-refractivity contribution in [3.05, 3.63) is 42.5 Å². The van der Waals surface area contributed by atoms with Crippen molar-refractivity contribution in [2.75, 3.05) is 22.2 Å². The summed E-state index contributed by atoms with van der Waals surface area (Å²) in [6.07, 6.45) is 1.07. The zero-order chi connectivity index (χ0) is 21.0. The van der Waals surface area contributed by atoms with E-state index < -0.39 is 16.0 Å². The van der Waals surface area contributed by atoms with Crippen LogP contribution in [0.2, 0.25) is 0 Å². The number of carbonyl (C=O) groups is 1. The third-order valence-electron chi connectivity index (χ3n) is 3.62. The van der Waals surface area contributed by atoms with Crippen molar-refractivity contribution >= 4 is 39.1 Å². The number of carboxylic acids is 1. The van der Waals surface area contributed by atoms with Gasteiger partial charge in [-0.3, -0.25) is 25.3 Å². The number of nitrogens with one attached hydrogen (secondary N) is 3. The zero-order valence-electron chi connectivity index (χ0n) is 15.1. The second-order valence-corrected chi connectivity index (χ2v) is 8.71. The van der Waals surface area contributed by atoms with Crippen LogP contribution in [0.5, 0.6) is 0 Å². The normalized spacial score (nSPS) is 11.2. The van der Waals surface area contributed by atoms with Crippen LogP contribution in [-0.2, 0) is 14.8 Å². The van der Waals surface area contributed by atoms with Gasteiger partial charge in [-0.15, -0.1) is 5.10 Å². The SMILES string of the molecule is CS(=O)(=O)Nc1cccc(-c2cc(NO)cc(-c3nc(SCC(=O)O)n[nH]3)c2)c1. The number of benzene rings is 2. The first-order valence-corrected chi connectivity index (χ1v) is 11.0. The number of hydrogen-bond donors (Lipinski definition) is 5. The average molecular weight is 435 g/mol. The molecule has 1 heterocycles. The molecule has 3 rings (SSSR count).